The molecule has 0 aliphatic rings. The van der Waals surface area contributed by atoms with Crippen molar-refractivity contribution in [2.45, 2.75) is 25.9 Å². The fourth-order valence-electron chi connectivity index (χ4n) is 0.898. The van der Waals surface area contributed by atoms with Gasteiger partial charge in [-0.15, -0.1) is 0 Å². The number of halogens is 1. The predicted octanol–water partition coefficient (Wildman–Crippen LogP) is 2.83. The van der Waals surface area contributed by atoms with Gasteiger partial charge in [0.15, 0.2) is 0 Å². The summed E-state index contributed by atoms with van der Waals surface area (Å²) in [6, 6.07) is 7.79. The Morgan fingerprint density at radius 1 is 1.50 bits per heavy atom. The zero-order valence-electron chi connectivity index (χ0n) is 8.46. The number of hydrogen-bond donors (Lipinski definition) is 1. The van der Waals surface area contributed by atoms with E-state index in [0.717, 1.165) is 9.32 Å². The lowest BCUT2D eigenvalue weighted by atomic mass is 10.1. The minimum absolute atomic E-state index is 0.337. The number of aliphatic hydroxyl groups is 1. The van der Waals surface area contributed by atoms with Gasteiger partial charge in [-0.2, -0.15) is 0 Å². The summed E-state index contributed by atoms with van der Waals surface area (Å²) in [5.41, 5.74) is -0.735. The van der Waals surface area contributed by atoms with E-state index >= 15 is 0 Å². The Hall–Kier alpha value is -0.290. The van der Waals surface area contributed by atoms with Crippen molar-refractivity contribution >= 4 is 22.6 Å². The van der Waals surface area contributed by atoms with Crippen LogP contribution in [-0.2, 0) is 0 Å². The van der Waals surface area contributed by atoms with Gasteiger partial charge in [0.05, 0.1) is 5.60 Å². The van der Waals surface area contributed by atoms with Crippen molar-refractivity contribution in [3.63, 3.8) is 0 Å². The lowest BCUT2D eigenvalue weighted by molar-refractivity contribution is 0.00845. The van der Waals surface area contributed by atoms with E-state index in [1.165, 1.54) is 0 Å². The van der Waals surface area contributed by atoms with Gasteiger partial charge in [0.1, 0.15) is 12.4 Å². The van der Waals surface area contributed by atoms with E-state index in [9.17, 15) is 5.11 Å². The SMILES string of the molecule is CCC(C)(O)COc1cccc(I)c1. The summed E-state index contributed by atoms with van der Waals surface area (Å²) in [5.74, 6) is 0.811. The van der Waals surface area contributed by atoms with E-state index in [1.54, 1.807) is 6.92 Å². The van der Waals surface area contributed by atoms with Crippen molar-refractivity contribution in [1.29, 1.82) is 0 Å². The van der Waals surface area contributed by atoms with Crippen LogP contribution in [0.25, 0.3) is 0 Å². The van der Waals surface area contributed by atoms with Crippen LogP contribution in [0.2, 0.25) is 0 Å². The average Bonchev–Trinajstić information content (AvgIpc) is 2.15. The molecule has 0 saturated carbocycles. The molecule has 1 aromatic carbocycles. The second-order valence-corrected chi connectivity index (χ2v) is 4.84. The van der Waals surface area contributed by atoms with E-state index < -0.39 is 5.60 Å². The minimum atomic E-state index is -0.735. The summed E-state index contributed by atoms with van der Waals surface area (Å²) in [5, 5.41) is 9.73. The van der Waals surface area contributed by atoms with Crippen LogP contribution >= 0.6 is 22.6 Å². The van der Waals surface area contributed by atoms with Gasteiger partial charge < -0.3 is 9.84 Å². The van der Waals surface area contributed by atoms with E-state index in [-0.39, 0.29) is 0 Å². The number of rotatable bonds is 4. The van der Waals surface area contributed by atoms with Gasteiger partial charge in [-0.25, -0.2) is 0 Å². The molecule has 0 bridgehead atoms. The van der Waals surface area contributed by atoms with Crippen molar-refractivity contribution in [3.8, 4) is 5.75 Å². The molecule has 0 aliphatic heterocycles. The van der Waals surface area contributed by atoms with Gasteiger partial charge in [0.25, 0.3) is 0 Å². The third-order valence-corrected chi connectivity index (χ3v) is 2.78. The molecule has 1 unspecified atom stereocenters. The number of benzene rings is 1. The number of hydrogen-bond acceptors (Lipinski definition) is 2. The van der Waals surface area contributed by atoms with Crippen LogP contribution in [0.1, 0.15) is 20.3 Å². The highest BCUT2D eigenvalue weighted by Crippen LogP contribution is 2.17. The molecular formula is C11H15IO2. The molecule has 0 radical (unpaired) electrons. The summed E-state index contributed by atoms with van der Waals surface area (Å²) in [6.45, 7) is 4.06. The zero-order chi connectivity index (χ0) is 10.6. The fraction of sp³-hybridized carbons (Fsp3) is 0.455. The molecule has 1 N–H and O–H groups in total. The molecule has 0 aliphatic carbocycles. The molecule has 78 valence electrons. The molecule has 0 heterocycles. The van der Waals surface area contributed by atoms with Crippen molar-refractivity contribution < 1.29 is 9.84 Å². The smallest absolute Gasteiger partial charge is 0.120 e. The normalized spacial score (nSPS) is 14.9. The lowest BCUT2D eigenvalue weighted by Crippen LogP contribution is -2.31. The summed E-state index contributed by atoms with van der Waals surface area (Å²) in [6.07, 6.45) is 0.691. The molecule has 14 heavy (non-hydrogen) atoms. The highest BCUT2D eigenvalue weighted by molar-refractivity contribution is 14.1. The monoisotopic (exact) mass is 306 g/mol. The van der Waals surface area contributed by atoms with Gasteiger partial charge >= 0.3 is 0 Å². The fourth-order valence-corrected chi connectivity index (χ4v) is 1.41. The first-order valence-corrected chi connectivity index (χ1v) is 5.72. The Bertz CT molecular complexity index is 297. The molecule has 0 aromatic heterocycles. The predicted molar refractivity (Wildman–Crippen MR) is 65.6 cm³/mol. The third-order valence-electron chi connectivity index (χ3n) is 2.11. The van der Waals surface area contributed by atoms with Gasteiger partial charge in [0.2, 0.25) is 0 Å². The second-order valence-electron chi connectivity index (χ2n) is 3.60. The van der Waals surface area contributed by atoms with Gasteiger partial charge in [0, 0.05) is 3.57 Å². The molecule has 3 heteroatoms. The maximum atomic E-state index is 9.73. The summed E-state index contributed by atoms with van der Waals surface area (Å²) in [4.78, 5) is 0. The quantitative estimate of drug-likeness (QED) is 0.867. The standard InChI is InChI=1S/C11H15IO2/c1-3-11(2,13)8-14-10-6-4-5-9(12)7-10/h4-7,13H,3,8H2,1-2H3. The summed E-state index contributed by atoms with van der Waals surface area (Å²) >= 11 is 2.23. The summed E-state index contributed by atoms with van der Waals surface area (Å²) in [7, 11) is 0. The van der Waals surface area contributed by atoms with E-state index in [2.05, 4.69) is 22.6 Å². The van der Waals surface area contributed by atoms with Crippen molar-refractivity contribution in [2.75, 3.05) is 6.61 Å². The van der Waals surface area contributed by atoms with Crippen LogP contribution < -0.4 is 4.74 Å². The molecule has 1 atom stereocenters. The Labute approximate surface area is 98.4 Å². The Morgan fingerprint density at radius 2 is 2.21 bits per heavy atom. The van der Waals surface area contributed by atoms with Crippen LogP contribution in [0.15, 0.2) is 24.3 Å². The molecule has 0 amide bonds. The maximum Gasteiger partial charge on any atom is 0.120 e. The first-order valence-electron chi connectivity index (χ1n) is 4.64. The highest BCUT2D eigenvalue weighted by Gasteiger charge is 2.18. The Balaban J connectivity index is 2.54. The lowest BCUT2D eigenvalue weighted by Gasteiger charge is -2.21. The van der Waals surface area contributed by atoms with Gasteiger partial charge in [-0.3, -0.25) is 0 Å². The van der Waals surface area contributed by atoms with E-state index in [0.29, 0.717) is 13.0 Å². The van der Waals surface area contributed by atoms with E-state index in [4.69, 9.17) is 4.74 Å². The minimum Gasteiger partial charge on any atom is -0.491 e. The van der Waals surface area contributed by atoms with Crippen LogP contribution in [0.3, 0.4) is 0 Å². The molecule has 1 aromatic rings. The maximum absolute atomic E-state index is 9.73. The van der Waals surface area contributed by atoms with Crippen LogP contribution in [0.4, 0.5) is 0 Å². The highest BCUT2D eigenvalue weighted by atomic mass is 127. The van der Waals surface area contributed by atoms with Crippen LogP contribution in [0.5, 0.6) is 5.75 Å². The molecule has 2 nitrogen and oxygen atoms in total. The topological polar surface area (TPSA) is 29.5 Å². The molecule has 0 fully saturated rings. The third kappa shape index (κ3) is 3.84. The van der Waals surface area contributed by atoms with Crippen molar-refractivity contribution in [2.24, 2.45) is 0 Å². The van der Waals surface area contributed by atoms with Crippen LogP contribution in [-0.4, -0.2) is 17.3 Å². The van der Waals surface area contributed by atoms with Crippen LogP contribution in [0, 0.1) is 3.57 Å². The second kappa shape index (κ2) is 4.98. The first-order chi connectivity index (χ1) is 6.53. The number of ether oxygens (including phenoxy) is 1. The Kier molecular flexibility index (Phi) is 4.19. The average molecular weight is 306 g/mol. The molecular weight excluding hydrogens is 291 g/mol. The first kappa shape index (κ1) is 11.8. The molecule has 1 rings (SSSR count). The zero-order valence-corrected chi connectivity index (χ0v) is 10.6. The van der Waals surface area contributed by atoms with Gasteiger partial charge in [-0.05, 0) is 54.1 Å². The van der Waals surface area contributed by atoms with Gasteiger partial charge in [-0.1, -0.05) is 13.0 Å². The molecule has 0 spiro atoms. The van der Waals surface area contributed by atoms with Crippen molar-refractivity contribution in [1.82, 2.24) is 0 Å². The van der Waals surface area contributed by atoms with Crippen molar-refractivity contribution in [3.05, 3.63) is 27.8 Å². The largest absolute Gasteiger partial charge is 0.491 e. The summed E-state index contributed by atoms with van der Waals surface area (Å²) < 4.78 is 6.62. The van der Waals surface area contributed by atoms with E-state index in [1.807, 2.05) is 31.2 Å². The molecule has 0 saturated heterocycles. The Morgan fingerprint density at radius 3 is 2.79 bits per heavy atom.